The van der Waals surface area contributed by atoms with Crippen LogP contribution < -0.4 is 0 Å². The zero-order valence-corrected chi connectivity index (χ0v) is 21.2. The predicted octanol–water partition coefficient (Wildman–Crippen LogP) is 6.28. The molecule has 1 saturated heterocycles. The molecule has 1 atom stereocenters. The molecule has 0 saturated carbocycles. The van der Waals surface area contributed by atoms with Crippen LogP contribution in [-0.4, -0.2) is 40.1 Å². The highest BCUT2D eigenvalue weighted by Gasteiger charge is 2.47. The van der Waals surface area contributed by atoms with Gasteiger partial charge in [0.05, 0.1) is 18.1 Å². The third-order valence-electron chi connectivity index (χ3n) is 6.05. The number of likely N-dealkylation sites (tertiary alicyclic amines) is 1. The van der Waals surface area contributed by atoms with Crippen molar-refractivity contribution in [1.29, 1.82) is 5.26 Å². The Balaban J connectivity index is 0.00000361. The molecular formula is C27H24ClF2N3O2S. The number of benzene rings is 2. The number of allylic oxidation sites excluding steroid dienone is 1. The number of amides is 1. The minimum Gasteiger partial charge on any atom is -0.320 e. The number of hydrogen-bond acceptors (Lipinski definition) is 4. The van der Waals surface area contributed by atoms with Crippen LogP contribution in [0, 0.1) is 11.3 Å². The highest BCUT2D eigenvalue weighted by Crippen LogP contribution is 2.32. The molecule has 0 N–H and O–H groups in total. The predicted molar refractivity (Wildman–Crippen MR) is 141 cm³/mol. The van der Waals surface area contributed by atoms with Gasteiger partial charge in [-0.2, -0.15) is 18.8 Å². The minimum absolute atomic E-state index is 0. The number of ketones is 1. The molecule has 1 aliphatic heterocycles. The van der Waals surface area contributed by atoms with Crippen molar-refractivity contribution in [3.05, 3.63) is 76.4 Å². The molecule has 36 heavy (non-hydrogen) atoms. The summed E-state index contributed by atoms with van der Waals surface area (Å²) in [5.41, 5.74) is 3.94. The Morgan fingerprint density at radius 2 is 1.92 bits per heavy atom. The van der Waals surface area contributed by atoms with Gasteiger partial charge in [0.2, 0.25) is 5.91 Å². The van der Waals surface area contributed by atoms with Gasteiger partial charge in [0.15, 0.2) is 5.78 Å². The molecule has 1 fully saturated rings. The van der Waals surface area contributed by atoms with Crippen LogP contribution in [0.4, 0.5) is 8.78 Å². The normalized spacial score (nSPS) is 16.9. The van der Waals surface area contributed by atoms with Gasteiger partial charge in [0.1, 0.15) is 6.04 Å². The number of pyridine rings is 1. The van der Waals surface area contributed by atoms with E-state index in [1.54, 1.807) is 12.1 Å². The van der Waals surface area contributed by atoms with Gasteiger partial charge in [0, 0.05) is 41.4 Å². The van der Waals surface area contributed by atoms with Crippen molar-refractivity contribution in [2.45, 2.75) is 38.2 Å². The Kier molecular flexibility index (Phi) is 8.49. The first kappa shape index (κ1) is 27.3. The highest BCUT2D eigenvalue weighted by atomic mass is 35.5. The Morgan fingerprint density at radius 1 is 1.19 bits per heavy atom. The summed E-state index contributed by atoms with van der Waals surface area (Å²) in [5.74, 6) is -4.00. The first-order valence-corrected chi connectivity index (χ1v) is 11.5. The van der Waals surface area contributed by atoms with Gasteiger partial charge in [-0.3, -0.25) is 14.6 Å². The van der Waals surface area contributed by atoms with E-state index in [1.165, 1.54) is 6.20 Å². The summed E-state index contributed by atoms with van der Waals surface area (Å²) in [6.45, 7) is 1.18. The largest absolute Gasteiger partial charge is 0.320 e. The molecule has 4 rings (SSSR count). The monoisotopic (exact) mass is 527 g/mol. The molecule has 5 nitrogen and oxygen atoms in total. The molecule has 0 spiro atoms. The molecule has 0 unspecified atom stereocenters. The van der Waals surface area contributed by atoms with E-state index in [4.69, 9.17) is 16.9 Å². The van der Waals surface area contributed by atoms with Gasteiger partial charge < -0.3 is 4.90 Å². The first-order chi connectivity index (χ1) is 16.7. The van der Waals surface area contributed by atoms with E-state index < -0.39 is 30.8 Å². The Hall–Kier alpha value is -3.28. The van der Waals surface area contributed by atoms with Crippen LogP contribution in [0.25, 0.3) is 22.6 Å². The molecule has 0 aliphatic carbocycles. The summed E-state index contributed by atoms with van der Waals surface area (Å²) >= 11 is 5.97. The van der Waals surface area contributed by atoms with E-state index in [0.29, 0.717) is 21.5 Å². The Labute approximate surface area is 219 Å². The summed E-state index contributed by atoms with van der Waals surface area (Å²) in [4.78, 5) is 30.7. The number of carbonyl (C=O) groups is 2. The summed E-state index contributed by atoms with van der Waals surface area (Å²) in [7, 11) is 0. The lowest BCUT2D eigenvalue weighted by molar-refractivity contribution is -0.132. The van der Waals surface area contributed by atoms with Crippen LogP contribution in [0.1, 0.15) is 47.7 Å². The molecule has 2 heterocycles. The van der Waals surface area contributed by atoms with E-state index in [1.807, 2.05) is 55.5 Å². The second-order valence-electron chi connectivity index (χ2n) is 8.62. The SMILES string of the molecule is C/C(=C\c1ccc2nccc(C(=O)CCC(=O)N3CC(F)(F)C[C@H]3C#N)c2c1)c1ccc(Cl)cc1.S. The number of hydrogen-bond donors (Lipinski definition) is 0. The first-order valence-electron chi connectivity index (χ1n) is 11.1. The molecule has 1 aromatic heterocycles. The lowest BCUT2D eigenvalue weighted by Gasteiger charge is -2.18. The van der Waals surface area contributed by atoms with Gasteiger partial charge in [-0.25, -0.2) is 8.78 Å². The minimum atomic E-state index is -3.09. The average molecular weight is 528 g/mol. The number of nitrogens with zero attached hydrogens (tertiary/aromatic N) is 3. The fourth-order valence-corrected chi connectivity index (χ4v) is 4.36. The number of fused-ring (bicyclic) bond motifs is 1. The van der Waals surface area contributed by atoms with Crippen LogP contribution in [-0.2, 0) is 4.79 Å². The van der Waals surface area contributed by atoms with E-state index in [0.717, 1.165) is 21.6 Å². The second-order valence-corrected chi connectivity index (χ2v) is 9.06. The fourth-order valence-electron chi connectivity index (χ4n) is 4.24. The lowest BCUT2D eigenvalue weighted by Crippen LogP contribution is -2.36. The van der Waals surface area contributed by atoms with E-state index in [9.17, 15) is 18.4 Å². The van der Waals surface area contributed by atoms with E-state index >= 15 is 0 Å². The maximum Gasteiger partial charge on any atom is 0.268 e. The molecule has 0 bridgehead atoms. The molecule has 186 valence electrons. The van der Waals surface area contributed by atoms with Gasteiger partial charge in [-0.15, -0.1) is 0 Å². The molecule has 3 aromatic rings. The van der Waals surface area contributed by atoms with Gasteiger partial charge in [-0.1, -0.05) is 35.9 Å². The molecule has 1 aliphatic rings. The van der Waals surface area contributed by atoms with Crippen LogP contribution in [0.2, 0.25) is 5.02 Å². The Bertz CT molecular complexity index is 1370. The quantitative estimate of drug-likeness (QED) is 0.279. The van der Waals surface area contributed by atoms with Crippen molar-refractivity contribution in [3.8, 4) is 6.07 Å². The maximum atomic E-state index is 13.7. The molecule has 2 aromatic carbocycles. The number of aromatic nitrogens is 1. The van der Waals surface area contributed by atoms with Crippen molar-refractivity contribution in [3.63, 3.8) is 0 Å². The number of rotatable bonds is 6. The zero-order valence-electron chi connectivity index (χ0n) is 19.5. The standard InChI is InChI=1S/C27H22ClF2N3O2.H2S/c1-17(19-3-5-20(28)6-4-19)12-18-2-7-24-23(13-18)22(10-11-32-24)25(34)8-9-26(35)33-16-27(29,30)14-21(33)15-31;/h2-7,10-13,21H,8-9,14,16H2,1H3;1H2/b17-12+;/t21-;/m0./s1. The van der Waals surface area contributed by atoms with Crippen molar-refractivity contribution in [2.75, 3.05) is 6.54 Å². The summed E-state index contributed by atoms with van der Waals surface area (Å²) < 4.78 is 27.3. The summed E-state index contributed by atoms with van der Waals surface area (Å²) in [6, 6.07) is 15.3. The molecule has 1 amide bonds. The van der Waals surface area contributed by atoms with Crippen molar-refractivity contribution in [2.24, 2.45) is 0 Å². The zero-order chi connectivity index (χ0) is 25.2. The molecule has 0 radical (unpaired) electrons. The smallest absolute Gasteiger partial charge is 0.268 e. The summed E-state index contributed by atoms with van der Waals surface area (Å²) in [6.07, 6.45) is 2.44. The lowest BCUT2D eigenvalue weighted by atomic mass is 9.98. The van der Waals surface area contributed by atoms with Crippen LogP contribution in [0.15, 0.2) is 54.7 Å². The number of Topliss-reactive ketones (excluding diaryl/α,β-unsaturated/α-hetero) is 1. The van der Waals surface area contributed by atoms with Crippen LogP contribution >= 0.6 is 25.1 Å². The number of alkyl halides is 2. The maximum absolute atomic E-state index is 13.7. The van der Waals surface area contributed by atoms with Crippen molar-refractivity contribution < 1.29 is 18.4 Å². The van der Waals surface area contributed by atoms with Gasteiger partial charge >= 0.3 is 0 Å². The third-order valence-corrected chi connectivity index (χ3v) is 6.31. The Morgan fingerprint density at radius 3 is 2.61 bits per heavy atom. The van der Waals surface area contributed by atoms with Gasteiger partial charge in [-0.05, 0) is 54.0 Å². The molecule has 9 heteroatoms. The fraction of sp³-hybridized carbons (Fsp3) is 0.259. The topological polar surface area (TPSA) is 74.1 Å². The second kappa shape index (κ2) is 11.2. The molecular weight excluding hydrogens is 504 g/mol. The van der Waals surface area contributed by atoms with Crippen molar-refractivity contribution in [1.82, 2.24) is 9.88 Å². The summed E-state index contributed by atoms with van der Waals surface area (Å²) in [5, 5.41) is 10.4. The van der Waals surface area contributed by atoms with Crippen LogP contribution in [0.5, 0.6) is 0 Å². The number of halogens is 3. The number of nitriles is 1. The highest BCUT2D eigenvalue weighted by molar-refractivity contribution is 7.59. The average Bonchev–Trinajstić information content (AvgIpc) is 3.17. The van der Waals surface area contributed by atoms with Crippen molar-refractivity contribution >= 4 is 59.3 Å². The third kappa shape index (κ3) is 6.10. The number of carbonyl (C=O) groups excluding carboxylic acids is 2. The van der Waals surface area contributed by atoms with E-state index in [2.05, 4.69) is 4.98 Å². The van der Waals surface area contributed by atoms with E-state index in [-0.39, 0.29) is 32.1 Å². The van der Waals surface area contributed by atoms with Gasteiger partial charge in [0.25, 0.3) is 5.92 Å². The van der Waals surface area contributed by atoms with Crippen LogP contribution in [0.3, 0.4) is 0 Å².